The van der Waals surface area contributed by atoms with Crippen molar-refractivity contribution in [2.24, 2.45) is 5.92 Å². The second-order valence-electron chi connectivity index (χ2n) is 15.2. The molecule has 17 heteroatoms. The highest BCUT2D eigenvalue weighted by atomic mass is 19.2. The lowest BCUT2D eigenvalue weighted by Gasteiger charge is -2.27. The van der Waals surface area contributed by atoms with Crippen LogP contribution in [0.1, 0.15) is 83.0 Å². The number of nitrogens with one attached hydrogen (secondary N) is 3. The Hall–Kier alpha value is -5.22. The van der Waals surface area contributed by atoms with Crippen LogP contribution in [-0.2, 0) is 4.74 Å². The topological polar surface area (TPSA) is 170 Å². The summed E-state index contributed by atoms with van der Waals surface area (Å²) < 4.78 is 62.3. The van der Waals surface area contributed by atoms with E-state index in [9.17, 15) is 32.8 Å². The van der Waals surface area contributed by atoms with Gasteiger partial charge >= 0.3 is 17.5 Å². The molecule has 0 spiro atoms. The Balaban J connectivity index is 0.000000210. The first-order valence-electron chi connectivity index (χ1n) is 17.9. The quantitative estimate of drug-likeness (QED) is 0.239. The van der Waals surface area contributed by atoms with Gasteiger partial charge in [0.15, 0.2) is 23.1 Å². The number of carbonyl (C=O) groups is 1. The second-order valence-corrected chi connectivity index (χ2v) is 15.2. The van der Waals surface area contributed by atoms with Gasteiger partial charge in [0.1, 0.15) is 22.3 Å². The highest BCUT2D eigenvalue weighted by Crippen LogP contribution is 2.45. The van der Waals surface area contributed by atoms with E-state index in [2.05, 4.69) is 15.3 Å². The summed E-state index contributed by atoms with van der Waals surface area (Å²) in [7, 11) is 2.60. The van der Waals surface area contributed by atoms with Crippen molar-refractivity contribution in [1.29, 1.82) is 0 Å². The van der Waals surface area contributed by atoms with E-state index in [4.69, 9.17) is 14.2 Å². The van der Waals surface area contributed by atoms with Crippen LogP contribution in [0, 0.1) is 37.2 Å². The second kappa shape index (κ2) is 14.2. The van der Waals surface area contributed by atoms with E-state index in [1.807, 2.05) is 11.8 Å². The van der Waals surface area contributed by atoms with Crippen LogP contribution in [0.3, 0.4) is 0 Å². The number of alkyl carbamates (subject to hydrolysis) is 1. The van der Waals surface area contributed by atoms with E-state index in [1.165, 1.54) is 30.3 Å². The van der Waals surface area contributed by atoms with Gasteiger partial charge in [-0.05, 0) is 79.6 Å². The summed E-state index contributed by atoms with van der Waals surface area (Å²) in [6.45, 7) is 11.2. The Kier molecular flexibility index (Phi) is 10.1. The van der Waals surface area contributed by atoms with Gasteiger partial charge in [0.25, 0.3) is 11.1 Å². The number of carbonyl (C=O) groups excluding carboxylic acids is 1. The van der Waals surface area contributed by atoms with Gasteiger partial charge in [0.05, 0.1) is 25.0 Å². The molecule has 2 saturated carbocycles. The molecule has 1 amide bonds. The van der Waals surface area contributed by atoms with Gasteiger partial charge in [-0.15, -0.1) is 0 Å². The van der Waals surface area contributed by atoms with Gasteiger partial charge in [0.2, 0.25) is 5.82 Å². The fourth-order valence-corrected chi connectivity index (χ4v) is 7.25. The van der Waals surface area contributed by atoms with Gasteiger partial charge in [0, 0.05) is 42.3 Å². The summed E-state index contributed by atoms with van der Waals surface area (Å²) in [6.07, 6.45) is 3.37. The number of ether oxygens (including phenoxy) is 3. The number of aryl methyl sites for hydroxylation is 2. The number of amides is 1. The molecule has 3 N–H and O–H groups in total. The molecule has 3 aliphatic rings. The maximum atomic E-state index is 15.7. The summed E-state index contributed by atoms with van der Waals surface area (Å²) >= 11 is 0. The van der Waals surface area contributed by atoms with E-state index in [0.29, 0.717) is 18.6 Å². The number of anilines is 1. The number of methoxy groups -OCH3 is 2. The molecule has 3 heterocycles. The molecule has 54 heavy (non-hydrogen) atoms. The molecular formula is C37H45F3N6O8. The summed E-state index contributed by atoms with van der Waals surface area (Å²) in [6, 6.07) is -0.342. The first kappa shape index (κ1) is 38.5. The summed E-state index contributed by atoms with van der Waals surface area (Å²) in [4.78, 5) is 67.8. The monoisotopic (exact) mass is 758 g/mol. The fourth-order valence-electron chi connectivity index (χ4n) is 7.25. The van der Waals surface area contributed by atoms with Gasteiger partial charge < -0.3 is 24.4 Å². The third kappa shape index (κ3) is 6.95. The van der Waals surface area contributed by atoms with Crippen molar-refractivity contribution < 1.29 is 32.2 Å². The Morgan fingerprint density at radius 3 is 1.72 bits per heavy atom. The maximum Gasteiger partial charge on any atom is 0.407 e. The number of benzene rings is 2. The molecule has 1 aliphatic heterocycles. The molecule has 4 aromatic rings. The lowest BCUT2D eigenvalue weighted by atomic mass is 10.0. The van der Waals surface area contributed by atoms with Crippen LogP contribution in [-0.4, -0.2) is 64.1 Å². The van der Waals surface area contributed by atoms with Crippen molar-refractivity contribution in [3.63, 3.8) is 0 Å². The summed E-state index contributed by atoms with van der Waals surface area (Å²) in [5.74, 6) is -3.01. The van der Waals surface area contributed by atoms with Crippen molar-refractivity contribution in [1.82, 2.24) is 24.4 Å². The third-order valence-electron chi connectivity index (χ3n) is 10.2. The predicted molar refractivity (Wildman–Crippen MR) is 196 cm³/mol. The first-order chi connectivity index (χ1) is 25.4. The number of nitrogens with zero attached hydrogens (tertiary/aromatic N) is 3. The van der Waals surface area contributed by atoms with Crippen molar-refractivity contribution >= 4 is 33.6 Å². The molecule has 0 bridgehead atoms. The Morgan fingerprint density at radius 2 is 1.26 bits per heavy atom. The van der Waals surface area contributed by atoms with Crippen LogP contribution in [0.2, 0.25) is 0 Å². The molecular weight excluding hydrogens is 713 g/mol. The molecule has 2 aromatic heterocycles. The smallest absolute Gasteiger partial charge is 0.407 e. The first-order valence-corrected chi connectivity index (χ1v) is 17.9. The summed E-state index contributed by atoms with van der Waals surface area (Å²) in [5, 5.41) is 2.97. The Labute approximate surface area is 307 Å². The third-order valence-corrected chi connectivity index (χ3v) is 10.2. The number of fused-ring (bicyclic) bond motifs is 2. The number of hydrogen-bond donors (Lipinski definition) is 3. The number of aromatic nitrogens is 4. The number of hydrogen-bond acceptors (Lipinski definition) is 9. The fraction of sp³-hybridized carbons (Fsp3) is 0.541. The van der Waals surface area contributed by atoms with Crippen LogP contribution in [0.25, 0.3) is 21.8 Å². The summed E-state index contributed by atoms with van der Waals surface area (Å²) in [5.41, 5.74) is -2.42. The Morgan fingerprint density at radius 1 is 0.778 bits per heavy atom. The zero-order chi connectivity index (χ0) is 39.5. The van der Waals surface area contributed by atoms with Gasteiger partial charge in [-0.1, -0.05) is 0 Å². The van der Waals surface area contributed by atoms with E-state index >= 15 is 4.39 Å². The SMILES string of the molecule is COc1c(F)c(F)c(C)c2c(=O)[nH]c(=O)n(C3CC3)c12.COc1c(N2CC[C@@H]([C@H](C)NC(=O)OC(C)(C)C)C2)c(F)c(C)c2c(=O)[nH]c(=O)n(C3CC3)c12. The standard InChI is InChI=1S/C24H33FN4O5.C13H12F2N2O3/c1-12-16-18(29(15-7-8-15)22(31)27-21(16)30)20(33-6)19(17(12)25)28-10-9-14(11-28)13(2)26-23(32)34-24(3,4)5;1-5-7-10(11(20-2)9(15)8(5)14)17(6-3-4-6)13(19)16-12(7)18/h13-15H,7-11H2,1-6H3,(H,26,32)(H,27,30,31);6H,3-4H2,1-2H3,(H,16,18,19)/t13-,14+;/m0./s1. The number of rotatable bonds is 7. The predicted octanol–water partition coefficient (Wildman–Crippen LogP) is 4.84. The average molecular weight is 759 g/mol. The van der Waals surface area contributed by atoms with E-state index in [-0.39, 0.29) is 62.9 Å². The van der Waals surface area contributed by atoms with E-state index in [1.54, 1.807) is 27.7 Å². The molecule has 2 aliphatic carbocycles. The van der Waals surface area contributed by atoms with E-state index in [0.717, 1.165) is 32.1 Å². The highest BCUT2D eigenvalue weighted by molar-refractivity contribution is 5.94. The molecule has 7 rings (SSSR count). The zero-order valence-electron chi connectivity index (χ0n) is 31.5. The van der Waals surface area contributed by atoms with E-state index < -0.39 is 57.4 Å². The largest absolute Gasteiger partial charge is 0.492 e. The minimum atomic E-state index is -1.18. The van der Waals surface area contributed by atoms with Crippen molar-refractivity contribution in [2.45, 2.75) is 97.4 Å². The lowest BCUT2D eigenvalue weighted by Crippen LogP contribution is -2.42. The lowest BCUT2D eigenvalue weighted by molar-refractivity contribution is 0.0494. The van der Waals surface area contributed by atoms with Crippen LogP contribution in [0.15, 0.2) is 19.2 Å². The zero-order valence-corrected chi connectivity index (χ0v) is 31.5. The molecule has 0 radical (unpaired) electrons. The number of aromatic amines is 2. The minimum absolute atomic E-state index is 0.0279. The van der Waals surface area contributed by atoms with Crippen molar-refractivity contribution in [2.75, 3.05) is 32.2 Å². The van der Waals surface area contributed by atoms with Crippen LogP contribution < -0.4 is 42.2 Å². The van der Waals surface area contributed by atoms with Crippen LogP contribution in [0.4, 0.5) is 23.7 Å². The van der Waals surface area contributed by atoms with Crippen molar-refractivity contribution in [3.05, 3.63) is 70.3 Å². The molecule has 14 nitrogen and oxygen atoms in total. The Bertz CT molecular complexity index is 2410. The molecule has 2 aromatic carbocycles. The molecule has 3 fully saturated rings. The van der Waals surface area contributed by atoms with Gasteiger partial charge in [-0.25, -0.2) is 23.2 Å². The van der Waals surface area contributed by atoms with Gasteiger partial charge in [-0.3, -0.25) is 28.7 Å². The molecule has 0 unspecified atom stereocenters. The van der Waals surface area contributed by atoms with Gasteiger partial charge in [-0.2, -0.15) is 4.39 Å². The molecule has 292 valence electrons. The van der Waals surface area contributed by atoms with Crippen LogP contribution >= 0.6 is 0 Å². The molecule has 2 atom stereocenters. The minimum Gasteiger partial charge on any atom is -0.492 e. The molecule has 1 saturated heterocycles. The normalized spacial score (nSPS) is 17.7. The number of halogens is 3. The van der Waals surface area contributed by atoms with Crippen LogP contribution in [0.5, 0.6) is 11.5 Å². The number of H-pyrrole nitrogens is 2. The van der Waals surface area contributed by atoms with Crippen molar-refractivity contribution in [3.8, 4) is 11.5 Å². The maximum absolute atomic E-state index is 15.7. The average Bonchev–Trinajstić information content (AvgIpc) is 4.03. The highest BCUT2D eigenvalue weighted by Gasteiger charge is 2.37.